The second-order valence-electron chi connectivity index (χ2n) is 6.51. The summed E-state index contributed by atoms with van der Waals surface area (Å²) in [6.45, 7) is 4.57. The fourth-order valence-corrected chi connectivity index (χ4v) is 3.07. The molecule has 25 heavy (non-hydrogen) atoms. The van der Waals surface area contributed by atoms with Crippen LogP contribution in [0.5, 0.6) is 5.75 Å². The van der Waals surface area contributed by atoms with Crippen molar-refractivity contribution < 1.29 is 9.53 Å². The van der Waals surface area contributed by atoms with Crippen LogP contribution in [0.4, 0.5) is 5.69 Å². The fourth-order valence-electron chi connectivity index (χ4n) is 3.07. The van der Waals surface area contributed by atoms with Crippen molar-refractivity contribution in [3.63, 3.8) is 0 Å². The van der Waals surface area contributed by atoms with Crippen LogP contribution in [0.1, 0.15) is 31.7 Å². The third kappa shape index (κ3) is 4.99. The molecule has 1 amide bonds. The minimum atomic E-state index is -0.518. The van der Waals surface area contributed by atoms with Crippen molar-refractivity contribution in [1.82, 2.24) is 5.32 Å². The minimum absolute atomic E-state index is 0.107. The number of para-hydroxylation sites is 1. The molecule has 0 bridgehead atoms. The van der Waals surface area contributed by atoms with Crippen LogP contribution in [0.15, 0.2) is 54.6 Å². The summed E-state index contributed by atoms with van der Waals surface area (Å²) in [4.78, 5) is 14.6. The molecule has 0 spiro atoms. The van der Waals surface area contributed by atoms with Crippen LogP contribution in [0, 0.1) is 0 Å². The molecule has 1 aliphatic rings. The molecular weight excluding hydrogens is 312 g/mol. The lowest BCUT2D eigenvalue weighted by Crippen LogP contribution is -2.35. The maximum atomic E-state index is 12.2. The summed E-state index contributed by atoms with van der Waals surface area (Å²) in [5, 5.41) is 2.94. The monoisotopic (exact) mass is 338 g/mol. The molecule has 0 aromatic heterocycles. The number of amides is 1. The van der Waals surface area contributed by atoms with Crippen LogP contribution >= 0.6 is 0 Å². The normalized spacial score (nSPS) is 15.5. The van der Waals surface area contributed by atoms with Gasteiger partial charge in [0.05, 0.1) is 0 Å². The van der Waals surface area contributed by atoms with Gasteiger partial charge in [0.1, 0.15) is 5.75 Å². The van der Waals surface area contributed by atoms with Crippen molar-refractivity contribution in [2.24, 2.45) is 0 Å². The van der Waals surface area contributed by atoms with Gasteiger partial charge >= 0.3 is 0 Å². The molecule has 3 rings (SSSR count). The van der Waals surface area contributed by atoms with Crippen LogP contribution in [-0.2, 0) is 11.3 Å². The standard InChI is InChI=1S/C21H26N2O2/c1-17(25-20-8-4-2-5-9-20)21(24)22-16-18-10-12-19(13-11-18)23-14-6-3-7-15-23/h2,4-5,8-13,17H,3,6-7,14-16H2,1H3,(H,22,24)/t17-/m1/s1. The number of anilines is 1. The van der Waals surface area contributed by atoms with Crippen LogP contribution < -0.4 is 15.0 Å². The van der Waals surface area contributed by atoms with Gasteiger partial charge in [0.25, 0.3) is 5.91 Å². The zero-order valence-corrected chi connectivity index (χ0v) is 14.8. The second kappa shape index (κ2) is 8.56. The molecule has 1 heterocycles. The Kier molecular flexibility index (Phi) is 5.94. The molecule has 0 radical (unpaired) electrons. The van der Waals surface area contributed by atoms with Crippen LogP contribution in [-0.4, -0.2) is 25.1 Å². The van der Waals surface area contributed by atoms with E-state index in [-0.39, 0.29) is 5.91 Å². The van der Waals surface area contributed by atoms with Crippen molar-refractivity contribution in [2.45, 2.75) is 38.8 Å². The SMILES string of the molecule is C[C@@H](Oc1ccccc1)C(=O)NCc1ccc(N2CCCCC2)cc1. The number of rotatable bonds is 6. The van der Waals surface area contributed by atoms with Crippen molar-refractivity contribution in [3.8, 4) is 5.75 Å². The zero-order chi connectivity index (χ0) is 17.5. The molecule has 0 saturated carbocycles. The first kappa shape index (κ1) is 17.3. The van der Waals surface area contributed by atoms with Gasteiger partial charge in [-0.3, -0.25) is 4.79 Å². The molecular formula is C21H26N2O2. The average Bonchev–Trinajstić information content (AvgIpc) is 2.68. The number of hydrogen-bond acceptors (Lipinski definition) is 3. The lowest BCUT2D eigenvalue weighted by Gasteiger charge is -2.28. The van der Waals surface area contributed by atoms with Gasteiger partial charge in [0, 0.05) is 25.3 Å². The minimum Gasteiger partial charge on any atom is -0.481 e. The summed E-state index contributed by atoms with van der Waals surface area (Å²) in [6.07, 6.45) is 3.37. The largest absolute Gasteiger partial charge is 0.481 e. The van der Waals surface area contributed by atoms with E-state index in [1.807, 2.05) is 30.3 Å². The van der Waals surface area contributed by atoms with E-state index in [0.717, 1.165) is 18.7 Å². The molecule has 1 saturated heterocycles. The summed E-state index contributed by atoms with van der Waals surface area (Å²) in [5.74, 6) is 0.597. The van der Waals surface area contributed by atoms with E-state index in [4.69, 9.17) is 4.74 Å². The molecule has 4 nitrogen and oxygen atoms in total. The summed E-state index contributed by atoms with van der Waals surface area (Å²) in [5.41, 5.74) is 2.37. The van der Waals surface area contributed by atoms with Crippen molar-refractivity contribution >= 4 is 11.6 Å². The van der Waals surface area contributed by atoms with Gasteiger partial charge in [-0.15, -0.1) is 0 Å². The zero-order valence-electron chi connectivity index (χ0n) is 14.8. The Morgan fingerprint density at radius 3 is 2.40 bits per heavy atom. The van der Waals surface area contributed by atoms with Gasteiger partial charge in [0.2, 0.25) is 0 Å². The molecule has 4 heteroatoms. The first-order chi connectivity index (χ1) is 12.2. The molecule has 2 aromatic rings. The molecule has 1 N–H and O–H groups in total. The van der Waals surface area contributed by atoms with Crippen LogP contribution in [0.25, 0.3) is 0 Å². The maximum Gasteiger partial charge on any atom is 0.261 e. The molecule has 0 aliphatic carbocycles. The maximum absolute atomic E-state index is 12.2. The molecule has 132 valence electrons. The summed E-state index contributed by atoms with van der Waals surface area (Å²) in [7, 11) is 0. The summed E-state index contributed by atoms with van der Waals surface area (Å²) < 4.78 is 5.64. The second-order valence-corrected chi connectivity index (χ2v) is 6.51. The van der Waals surface area contributed by atoms with Crippen LogP contribution in [0.2, 0.25) is 0 Å². The number of ether oxygens (including phenoxy) is 1. The van der Waals surface area contributed by atoms with Gasteiger partial charge in [-0.2, -0.15) is 0 Å². The summed E-state index contributed by atoms with van der Waals surface area (Å²) in [6, 6.07) is 17.9. The lowest BCUT2D eigenvalue weighted by atomic mass is 10.1. The summed E-state index contributed by atoms with van der Waals surface area (Å²) >= 11 is 0. The van der Waals surface area contributed by atoms with E-state index in [1.54, 1.807) is 6.92 Å². The van der Waals surface area contributed by atoms with Crippen LogP contribution in [0.3, 0.4) is 0 Å². The Hall–Kier alpha value is -2.49. The predicted molar refractivity (Wildman–Crippen MR) is 101 cm³/mol. The molecule has 2 aromatic carbocycles. The van der Waals surface area contributed by atoms with Gasteiger partial charge in [-0.1, -0.05) is 30.3 Å². The number of benzene rings is 2. The Bertz CT molecular complexity index is 664. The van der Waals surface area contributed by atoms with Crippen molar-refractivity contribution in [3.05, 3.63) is 60.2 Å². The number of hydrogen-bond donors (Lipinski definition) is 1. The van der Waals surface area contributed by atoms with Gasteiger partial charge in [0.15, 0.2) is 6.10 Å². The fraction of sp³-hybridized carbons (Fsp3) is 0.381. The van der Waals surface area contributed by atoms with Crippen molar-refractivity contribution in [1.29, 1.82) is 0 Å². The molecule has 1 fully saturated rings. The Balaban J connectivity index is 1.48. The first-order valence-corrected chi connectivity index (χ1v) is 9.06. The number of carbonyl (C=O) groups excluding carboxylic acids is 1. The van der Waals surface area contributed by atoms with Gasteiger partial charge in [-0.25, -0.2) is 0 Å². The Labute approximate surface area is 149 Å². The lowest BCUT2D eigenvalue weighted by molar-refractivity contribution is -0.127. The van der Waals surface area contributed by atoms with E-state index in [9.17, 15) is 4.79 Å². The molecule has 1 atom stereocenters. The molecule has 0 unspecified atom stereocenters. The number of piperidine rings is 1. The van der Waals surface area contributed by atoms with Gasteiger partial charge in [-0.05, 0) is 56.0 Å². The topological polar surface area (TPSA) is 41.6 Å². The van der Waals surface area contributed by atoms with Gasteiger partial charge < -0.3 is 15.0 Å². The third-order valence-electron chi connectivity index (χ3n) is 4.55. The number of nitrogens with zero attached hydrogens (tertiary/aromatic N) is 1. The van der Waals surface area contributed by atoms with E-state index >= 15 is 0 Å². The highest BCUT2D eigenvalue weighted by Gasteiger charge is 2.14. The van der Waals surface area contributed by atoms with Crippen molar-refractivity contribution in [2.75, 3.05) is 18.0 Å². The van der Waals surface area contributed by atoms with E-state index in [1.165, 1.54) is 24.9 Å². The first-order valence-electron chi connectivity index (χ1n) is 9.06. The molecule has 1 aliphatic heterocycles. The predicted octanol–water partition coefficient (Wildman–Crippen LogP) is 3.76. The average molecular weight is 338 g/mol. The Morgan fingerprint density at radius 1 is 1.04 bits per heavy atom. The highest BCUT2D eigenvalue weighted by Crippen LogP contribution is 2.20. The number of carbonyl (C=O) groups is 1. The van der Waals surface area contributed by atoms with E-state index in [2.05, 4.69) is 34.5 Å². The quantitative estimate of drug-likeness (QED) is 0.872. The third-order valence-corrected chi connectivity index (χ3v) is 4.55. The highest BCUT2D eigenvalue weighted by molar-refractivity contribution is 5.80. The highest BCUT2D eigenvalue weighted by atomic mass is 16.5. The van der Waals surface area contributed by atoms with E-state index in [0.29, 0.717) is 12.3 Å². The smallest absolute Gasteiger partial charge is 0.261 e. The Morgan fingerprint density at radius 2 is 1.72 bits per heavy atom. The number of nitrogens with one attached hydrogen (secondary N) is 1. The van der Waals surface area contributed by atoms with E-state index < -0.39 is 6.10 Å².